The van der Waals surface area contributed by atoms with Gasteiger partial charge in [0.2, 0.25) is 10.0 Å². The van der Waals surface area contributed by atoms with Crippen LogP contribution in [-0.4, -0.2) is 37.7 Å². The van der Waals surface area contributed by atoms with Gasteiger partial charge < -0.3 is 10.1 Å². The molecule has 3 aromatic rings. The summed E-state index contributed by atoms with van der Waals surface area (Å²) in [5, 5.41) is 2.76. The second-order valence-corrected chi connectivity index (χ2v) is 8.80. The Bertz CT molecular complexity index is 1210. The lowest BCUT2D eigenvalue weighted by Crippen LogP contribution is -2.14. The van der Waals surface area contributed by atoms with E-state index in [0.717, 1.165) is 18.2 Å². The monoisotopic (exact) mass is 460 g/mol. The van der Waals surface area contributed by atoms with Crippen molar-refractivity contribution in [2.45, 2.75) is 13.3 Å². The van der Waals surface area contributed by atoms with Gasteiger partial charge >= 0.3 is 0 Å². The summed E-state index contributed by atoms with van der Waals surface area (Å²) >= 11 is 5.95. The first-order valence-electron chi connectivity index (χ1n) is 9.29. The fourth-order valence-corrected chi connectivity index (χ4v) is 3.51. The Morgan fingerprint density at radius 3 is 2.48 bits per heavy atom. The molecule has 0 saturated carbocycles. The Hall–Kier alpha value is -3.17. The molecule has 3 rings (SSSR count). The summed E-state index contributed by atoms with van der Waals surface area (Å²) in [6.45, 7) is 2.06. The van der Waals surface area contributed by atoms with Crippen molar-refractivity contribution in [3.63, 3.8) is 0 Å². The minimum Gasteiger partial charge on any atom is -0.496 e. The zero-order valence-corrected chi connectivity index (χ0v) is 18.7. The van der Waals surface area contributed by atoms with E-state index in [1.807, 2.05) is 24.3 Å². The van der Waals surface area contributed by atoms with Gasteiger partial charge in [-0.1, -0.05) is 30.7 Å². The smallest absolute Gasteiger partial charge is 0.259 e. The molecular weight excluding hydrogens is 440 g/mol. The van der Waals surface area contributed by atoms with Crippen LogP contribution in [0.25, 0.3) is 11.3 Å². The molecule has 0 atom stereocenters. The number of carbonyl (C=O) groups is 1. The summed E-state index contributed by atoms with van der Waals surface area (Å²) in [7, 11) is -2.12. The van der Waals surface area contributed by atoms with E-state index in [1.54, 1.807) is 18.2 Å². The Morgan fingerprint density at radius 1 is 1.16 bits per heavy atom. The maximum atomic E-state index is 12.9. The highest BCUT2D eigenvalue weighted by Gasteiger charge is 2.17. The van der Waals surface area contributed by atoms with Crippen molar-refractivity contribution in [1.82, 2.24) is 9.97 Å². The number of sulfonamides is 1. The summed E-state index contributed by atoms with van der Waals surface area (Å²) in [4.78, 5) is 21.1. The first-order valence-corrected chi connectivity index (χ1v) is 11.6. The second kappa shape index (κ2) is 9.32. The lowest BCUT2D eigenvalue weighted by atomic mass is 10.1. The molecule has 0 radical (unpaired) electrons. The van der Waals surface area contributed by atoms with Crippen molar-refractivity contribution >= 4 is 39.0 Å². The Balaban J connectivity index is 1.95. The zero-order valence-electron chi connectivity index (χ0n) is 17.1. The van der Waals surface area contributed by atoms with Crippen LogP contribution < -0.4 is 14.8 Å². The van der Waals surface area contributed by atoms with Gasteiger partial charge in [0.25, 0.3) is 5.91 Å². The van der Waals surface area contributed by atoms with E-state index in [9.17, 15) is 13.2 Å². The van der Waals surface area contributed by atoms with Gasteiger partial charge in [-0.3, -0.25) is 9.52 Å². The Morgan fingerprint density at radius 2 is 1.87 bits per heavy atom. The lowest BCUT2D eigenvalue weighted by Gasteiger charge is -2.12. The van der Waals surface area contributed by atoms with Crippen LogP contribution in [-0.2, 0) is 16.4 Å². The van der Waals surface area contributed by atoms with Gasteiger partial charge in [-0.25, -0.2) is 18.4 Å². The highest BCUT2D eigenvalue weighted by molar-refractivity contribution is 7.92. The van der Waals surface area contributed by atoms with Gasteiger partial charge in [-0.15, -0.1) is 0 Å². The van der Waals surface area contributed by atoms with Crippen LogP contribution in [0.15, 0.2) is 48.7 Å². The summed E-state index contributed by atoms with van der Waals surface area (Å²) in [6, 6.07) is 12.5. The number of nitrogens with one attached hydrogen (secondary N) is 2. The number of benzene rings is 2. The van der Waals surface area contributed by atoms with Crippen LogP contribution >= 0.6 is 11.6 Å². The summed E-state index contributed by atoms with van der Waals surface area (Å²) in [5.41, 5.74) is 2.97. The van der Waals surface area contributed by atoms with E-state index in [2.05, 4.69) is 26.9 Å². The molecule has 0 saturated heterocycles. The first-order chi connectivity index (χ1) is 14.7. The van der Waals surface area contributed by atoms with Gasteiger partial charge in [0, 0.05) is 11.3 Å². The second-order valence-electron chi connectivity index (χ2n) is 6.69. The molecule has 0 spiro atoms. The molecule has 0 fully saturated rings. The zero-order chi connectivity index (χ0) is 22.6. The fraction of sp³-hybridized carbons (Fsp3) is 0.190. The number of aryl methyl sites for hydroxylation is 1. The van der Waals surface area contributed by atoms with Crippen LogP contribution in [0.2, 0.25) is 5.15 Å². The standard InChI is InChI=1S/C21H21ClN4O4S/c1-4-13-5-8-15(9-6-13)24-21(27)16-11-14(7-10-18(16)30-2)17-12-23-19(22)20(25-17)26-31(3,28)29/h5-12H,4H2,1-3H3,(H,24,27)(H,25,26). The van der Waals surface area contributed by atoms with E-state index in [1.165, 1.54) is 13.3 Å². The van der Waals surface area contributed by atoms with Gasteiger partial charge in [0.05, 0.1) is 30.8 Å². The molecule has 1 aromatic heterocycles. The van der Waals surface area contributed by atoms with E-state index in [4.69, 9.17) is 16.3 Å². The predicted octanol–water partition coefficient (Wildman–Crippen LogP) is 3.99. The summed E-state index contributed by atoms with van der Waals surface area (Å²) in [6.07, 6.45) is 3.28. The fourth-order valence-electron chi connectivity index (χ4n) is 2.82. The Kier molecular flexibility index (Phi) is 6.77. The van der Waals surface area contributed by atoms with Gasteiger partial charge in [-0.05, 0) is 42.3 Å². The van der Waals surface area contributed by atoms with Crippen LogP contribution in [0, 0.1) is 0 Å². The number of ether oxygens (including phenoxy) is 1. The average molecular weight is 461 g/mol. The molecular formula is C21H21ClN4O4S. The largest absolute Gasteiger partial charge is 0.496 e. The maximum absolute atomic E-state index is 12.9. The van der Waals surface area contributed by atoms with Gasteiger partial charge in [0.1, 0.15) is 5.75 Å². The number of aromatic nitrogens is 2. The molecule has 2 N–H and O–H groups in total. The molecule has 0 aliphatic rings. The van der Waals surface area contributed by atoms with Crippen molar-refractivity contribution in [3.05, 3.63) is 64.9 Å². The highest BCUT2D eigenvalue weighted by Crippen LogP contribution is 2.28. The van der Waals surface area contributed by atoms with Gasteiger partial charge in [0.15, 0.2) is 11.0 Å². The number of hydrogen-bond donors (Lipinski definition) is 2. The number of anilines is 2. The molecule has 1 amide bonds. The molecule has 162 valence electrons. The normalized spacial score (nSPS) is 11.1. The SMILES string of the molecule is CCc1ccc(NC(=O)c2cc(-c3cnc(Cl)c(NS(C)(=O)=O)n3)ccc2OC)cc1. The van der Waals surface area contributed by atoms with Crippen LogP contribution in [0.1, 0.15) is 22.8 Å². The van der Waals surface area contributed by atoms with Crippen LogP contribution in [0.5, 0.6) is 5.75 Å². The number of nitrogens with zero attached hydrogens (tertiary/aromatic N) is 2. The summed E-state index contributed by atoms with van der Waals surface area (Å²) < 4.78 is 30.6. The van der Waals surface area contributed by atoms with E-state index < -0.39 is 10.0 Å². The summed E-state index contributed by atoms with van der Waals surface area (Å²) in [5.74, 6) is -0.0818. The molecule has 8 nitrogen and oxygen atoms in total. The molecule has 0 bridgehead atoms. The number of rotatable bonds is 7. The maximum Gasteiger partial charge on any atom is 0.259 e. The van der Waals surface area contributed by atoms with Crippen LogP contribution in [0.3, 0.4) is 0 Å². The van der Waals surface area contributed by atoms with E-state index in [-0.39, 0.29) is 22.4 Å². The van der Waals surface area contributed by atoms with Crippen molar-refractivity contribution < 1.29 is 17.9 Å². The van der Waals surface area contributed by atoms with Crippen molar-refractivity contribution in [2.75, 3.05) is 23.4 Å². The number of hydrogen-bond acceptors (Lipinski definition) is 6. The minimum atomic E-state index is -3.59. The molecule has 1 heterocycles. The number of halogens is 1. The number of amides is 1. The average Bonchev–Trinajstić information content (AvgIpc) is 2.74. The van der Waals surface area contributed by atoms with Crippen molar-refractivity contribution in [2.24, 2.45) is 0 Å². The third kappa shape index (κ3) is 5.71. The number of methoxy groups -OCH3 is 1. The topological polar surface area (TPSA) is 110 Å². The van der Waals surface area contributed by atoms with Crippen molar-refractivity contribution in [3.8, 4) is 17.0 Å². The predicted molar refractivity (Wildman–Crippen MR) is 121 cm³/mol. The highest BCUT2D eigenvalue weighted by atomic mass is 35.5. The molecule has 10 heteroatoms. The molecule has 2 aromatic carbocycles. The molecule has 0 aliphatic heterocycles. The minimum absolute atomic E-state index is 0.0869. The lowest BCUT2D eigenvalue weighted by molar-refractivity contribution is 0.102. The molecule has 0 aliphatic carbocycles. The first kappa shape index (κ1) is 22.5. The molecule has 0 unspecified atom stereocenters. The Labute approximate surface area is 185 Å². The van der Waals surface area contributed by atoms with E-state index >= 15 is 0 Å². The number of carbonyl (C=O) groups excluding carboxylic acids is 1. The van der Waals surface area contributed by atoms with Crippen molar-refractivity contribution in [1.29, 1.82) is 0 Å². The van der Waals surface area contributed by atoms with E-state index in [0.29, 0.717) is 22.7 Å². The quantitative estimate of drug-likeness (QED) is 0.551. The van der Waals surface area contributed by atoms with Crippen LogP contribution in [0.4, 0.5) is 11.5 Å². The van der Waals surface area contributed by atoms with Gasteiger partial charge in [-0.2, -0.15) is 0 Å². The third-order valence-corrected chi connectivity index (χ3v) is 5.21. The molecule has 31 heavy (non-hydrogen) atoms. The third-order valence-electron chi connectivity index (χ3n) is 4.37.